The number of rotatable bonds is 9. The molecule has 2 nitrogen and oxygen atoms in total. The molecule has 0 heterocycles. The predicted molar refractivity (Wildman–Crippen MR) is 132 cm³/mol. The van der Waals surface area contributed by atoms with E-state index in [0.29, 0.717) is 16.7 Å². The smallest absolute Gasteiger partial charge is 0.411 e. The molecule has 39 heavy (non-hydrogen) atoms. The van der Waals surface area contributed by atoms with Crippen LogP contribution in [0.5, 0.6) is 5.75 Å². The summed E-state index contributed by atoms with van der Waals surface area (Å²) in [6.45, 7) is -0.982. The van der Waals surface area contributed by atoms with E-state index in [4.69, 9.17) is 4.74 Å². The van der Waals surface area contributed by atoms with Gasteiger partial charge in [0.05, 0.1) is 6.61 Å². The van der Waals surface area contributed by atoms with Gasteiger partial charge in [-0.15, -0.1) is 0 Å². The first-order chi connectivity index (χ1) is 18.5. The Bertz CT molecular complexity index is 1420. The molecule has 0 aromatic heterocycles. The van der Waals surface area contributed by atoms with Gasteiger partial charge in [-0.25, -0.2) is 8.78 Å². The lowest BCUT2D eigenvalue weighted by Crippen LogP contribution is -2.21. The summed E-state index contributed by atoms with van der Waals surface area (Å²) in [6.07, 6.45) is -4.67. The summed E-state index contributed by atoms with van der Waals surface area (Å²) < 4.78 is 109. The quantitative estimate of drug-likeness (QED) is 0.195. The maximum absolute atomic E-state index is 15.9. The Morgan fingerprint density at radius 3 is 2.08 bits per heavy atom. The summed E-state index contributed by atoms with van der Waals surface area (Å²) in [5.74, 6) is -6.40. The second-order valence-corrected chi connectivity index (χ2v) is 8.93. The van der Waals surface area contributed by atoms with Gasteiger partial charge in [-0.1, -0.05) is 72.8 Å². The SMILES string of the molecule is Cc1ccc(-c2ccc(C(F)(F)c3c(OCc4ccccc4)ccc(COCC(F)(F)F)c3F)cc2)c(F)c1. The second kappa shape index (κ2) is 11.5. The first kappa shape index (κ1) is 28.2. The third-order valence-corrected chi connectivity index (χ3v) is 5.94. The van der Waals surface area contributed by atoms with E-state index < -0.39 is 59.4 Å². The maximum Gasteiger partial charge on any atom is 0.411 e. The van der Waals surface area contributed by atoms with Crippen LogP contribution in [0.2, 0.25) is 0 Å². The lowest BCUT2D eigenvalue weighted by molar-refractivity contribution is -0.176. The minimum atomic E-state index is -4.67. The molecule has 0 unspecified atom stereocenters. The number of benzene rings is 4. The highest BCUT2D eigenvalue weighted by molar-refractivity contribution is 5.65. The molecule has 0 aliphatic carbocycles. The van der Waals surface area contributed by atoms with Crippen molar-refractivity contribution >= 4 is 0 Å². The molecule has 4 aromatic carbocycles. The van der Waals surface area contributed by atoms with Crippen LogP contribution in [0.15, 0.2) is 84.9 Å². The molecule has 0 aliphatic heterocycles. The first-order valence-electron chi connectivity index (χ1n) is 11.8. The lowest BCUT2D eigenvalue weighted by atomic mass is 9.94. The molecular formula is C30H23F7O2. The van der Waals surface area contributed by atoms with Crippen molar-refractivity contribution in [3.05, 3.63) is 124 Å². The van der Waals surface area contributed by atoms with Crippen LogP contribution >= 0.6 is 0 Å². The van der Waals surface area contributed by atoms with Crippen molar-refractivity contribution in [1.82, 2.24) is 0 Å². The van der Waals surface area contributed by atoms with Crippen molar-refractivity contribution in [3.63, 3.8) is 0 Å². The molecule has 0 spiro atoms. The third kappa shape index (κ3) is 6.78. The van der Waals surface area contributed by atoms with Crippen LogP contribution in [0.4, 0.5) is 30.7 Å². The van der Waals surface area contributed by atoms with E-state index in [2.05, 4.69) is 4.74 Å². The highest BCUT2D eigenvalue weighted by atomic mass is 19.4. The Morgan fingerprint density at radius 2 is 1.44 bits per heavy atom. The molecule has 0 atom stereocenters. The van der Waals surface area contributed by atoms with E-state index in [1.54, 1.807) is 43.3 Å². The van der Waals surface area contributed by atoms with Crippen molar-refractivity contribution in [2.75, 3.05) is 6.61 Å². The van der Waals surface area contributed by atoms with Crippen LogP contribution in [0.25, 0.3) is 11.1 Å². The molecule has 0 bridgehead atoms. The van der Waals surface area contributed by atoms with Gasteiger partial charge in [-0.3, -0.25) is 0 Å². The van der Waals surface area contributed by atoms with Crippen molar-refractivity contribution in [1.29, 1.82) is 0 Å². The monoisotopic (exact) mass is 548 g/mol. The van der Waals surface area contributed by atoms with E-state index >= 15 is 13.2 Å². The standard InChI is InChI=1S/C30H23F7O2/c1-19-7-13-24(25(31)15-19)21-8-11-23(12-9-21)30(36,37)27-26(39-16-20-5-3-2-4-6-20)14-10-22(28(27)32)17-38-18-29(33,34)35/h2-15H,16-18H2,1H3. The lowest BCUT2D eigenvalue weighted by Gasteiger charge is -2.23. The Kier molecular flexibility index (Phi) is 8.30. The zero-order chi connectivity index (χ0) is 28.2. The van der Waals surface area contributed by atoms with Crippen molar-refractivity contribution in [3.8, 4) is 16.9 Å². The van der Waals surface area contributed by atoms with Crippen molar-refractivity contribution in [2.45, 2.75) is 32.2 Å². The largest absolute Gasteiger partial charge is 0.488 e. The molecular weight excluding hydrogens is 525 g/mol. The Hall–Kier alpha value is -3.85. The molecule has 4 rings (SSSR count). The topological polar surface area (TPSA) is 18.5 Å². The number of halogens is 7. The molecule has 9 heteroatoms. The van der Waals surface area contributed by atoms with E-state index in [9.17, 15) is 17.6 Å². The summed E-state index contributed by atoms with van der Waals surface area (Å²) >= 11 is 0. The van der Waals surface area contributed by atoms with Crippen LogP contribution in [0.3, 0.4) is 0 Å². The van der Waals surface area contributed by atoms with Gasteiger partial charge in [0.2, 0.25) is 0 Å². The van der Waals surface area contributed by atoms with Gasteiger partial charge in [-0.2, -0.15) is 22.0 Å². The van der Waals surface area contributed by atoms with Gasteiger partial charge in [0.15, 0.2) is 0 Å². The summed E-state index contributed by atoms with van der Waals surface area (Å²) in [4.78, 5) is 0. The maximum atomic E-state index is 15.9. The first-order valence-corrected chi connectivity index (χ1v) is 11.8. The summed E-state index contributed by atoms with van der Waals surface area (Å²) in [5.41, 5.74) is -0.373. The minimum absolute atomic E-state index is 0.154. The fourth-order valence-corrected chi connectivity index (χ4v) is 4.00. The second-order valence-electron chi connectivity index (χ2n) is 8.93. The summed E-state index contributed by atoms with van der Waals surface area (Å²) in [5, 5.41) is 0. The van der Waals surface area contributed by atoms with Gasteiger partial charge < -0.3 is 9.47 Å². The van der Waals surface area contributed by atoms with Gasteiger partial charge in [0.25, 0.3) is 0 Å². The van der Waals surface area contributed by atoms with Gasteiger partial charge >= 0.3 is 12.1 Å². The highest BCUT2D eigenvalue weighted by Crippen LogP contribution is 2.44. The van der Waals surface area contributed by atoms with Crippen LogP contribution in [0.1, 0.15) is 27.8 Å². The summed E-state index contributed by atoms with van der Waals surface area (Å²) in [6, 6.07) is 19.9. The van der Waals surface area contributed by atoms with Gasteiger partial charge in [0.1, 0.15) is 36.2 Å². The van der Waals surface area contributed by atoms with Gasteiger partial charge in [0, 0.05) is 16.7 Å². The zero-order valence-electron chi connectivity index (χ0n) is 20.7. The fraction of sp³-hybridized carbons (Fsp3) is 0.200. The Morgan fingerprint density at radius 1 is 0.744 bits per heavy atom. The molecule has 0 saturated heterocycles. The number of ether oxygens (including phenoxy) is 2. The average Bonchev–Trinajstić information content (AvgIpc) is 2.88. The molecule has 0 N–H and O–H groups in total. The van der Waals surface area contributed by atoms with Crippen LogP contribution in [0, 0.1) is 18.6 Å². The molecule has 0 aliphatic rings. The van der Waals surface area contributed by atoms with E-state index in [1.807, 2.05) is 0 Å². The van der Waals surface area contributed by atoms with Crippen LogP contribution in [-0.2, 0) is 23.9 Å². The number of hydrogen-bond acceptors (Lipinski definition) is 2. The number of hydrogen-bond donors (Lipinski definition) is 0. The Labute approximate surface area is 220 Å². The van der Waals surface area contributed by atoms with Crippen molar-refractivity contribution in [2.24, 2.45) is 0 Å². The van der Waals surface area contributed by atoms with Crippen LogP contribution in [-0.4, -0.2) is 12.8 Å². The molecule has 0 saturated carbocycles. The predicted octanol–water partition coefficient (Wildman–Crippen LogP) is 8.74. The summed E-state index contributed by atoms with van der Waals surface area (Å²) in [7, 11) is 0. The van der Waals surface area contributed by atoms with Gasteiger partial charge in [-0.05, 0) is 35.7 Å². The molecule has 0 radical (unpaired) electrons. The number of alkyl halides is 5. The van der Waals surface area contributed by atoms with E-state index in [-0.39, 0.29) is 12.2 Å². The third-order valence-electron chi connectivity index (χ3n) is 5.94. The van der Waals surface area contributed by atoms with Crippen LogP contribution < -0.4 is 4.74 Å². The normalized spacial score (nSPS) is 12.0. The molecule has 4 aromatic rings. The zero-order valence-corrected chi connectivity index (χ0v) is 20.7. The molecule has 0 fully saturated rings. The Balaban J connectivity index is 1.70. The molecule has 204 valence electrons. The van der Waals surface area contributed by atoms with Crippen molar-refractivity contribution < 1.29 is 40.2 Å². The molecule has 0 amide bonds. The number of aryl methyl sites for hydroxylation is 1. The minimum Gasteiger partial charge on any atom is -0.488 e. The average molecular weight is 548 g/mol. The van der Waals surface area contributed by atoms with E-state index in [1.165, 1.54) is 24.3 Å². The fourth-order valence-electron chi connectivity index (χ4n) is 4.00. The van der Waals surface area contributed by atoms with E-state index in [0.717, 1.165) is 24.3 Å². The highest BCUT2D eigenvalue weighted by Gasteiger charge is 2.41.